The van der Waals surface area contributed by atoms with Crippen LogP contribution < -0.4 is 0 Å². The predicted octanol–water partition coefficient (Wildman–Crippen LogP) is 11.1. The third-order valence-corrected chi connectivity index (χ3v) is 9.07. The van der Waals surface area contributed by atoms with Gasteiger partial charge in [-0.2, -0.15) is 0 Å². The number of benzene rings is 6. The lowest BCUT2D eigenvalue weighted by Crippen LogP contribution is -2.05. The summed E-state index contributed by atoms with van der Waals surface area (Å²) in [5.74, 6) is 2.27. The SMILES string of the molecule is C1=CC(c2ccccc2)CC=C1c1nc(-c2ccccc2)nc(-c2cccc3oc4cc(-c5ccc6ccccc6c5)ccc4c23)n1. The maximum Gasteiger partial charge on any atom is 0.164 e. The zero-order chi connectivity index (χ0) is 31.2. The van der Waals surface area contributed by atoms with Crippen LogP contribution in [-0.2, 0) is 0 Å². The van der Waals surface area contributed by atoms with Crippen molar-refractivity contribution in [3.8, 4) is 33.9 Å². The smallest absolute Gasteiger partial charge is 0.164 e. The second-order valence-corrected chi connectivity index (χ2v) is 12.0. The lowest BCUT2D eigenvalue weighted by Gasteiger charge is -2.17. The Balaban J connectivity index is 1.16. The summed E-state index contributed by atoms with van der Waals surface area (Å²) in [7, 11) is 0. The van der Waals surface area contributed by atoms with E-state index in [1.807, 2.05) is 42.5 Å². The Labute approximate surface area is 272 Å². The maximum atomic E-state index is 6.49. The third kappa shape index (κ3) is 5.01. The summed E-state index contributed by atoms with van der Waals surface area (Å²) in [5, 5.41) is 4.48. The highest BCUT2D eigenvalue weighted by Gasteiger charge is 2.20. The molecule has 4 nitrogen and oxygen atoms in total. The van der Waals surface area contributed by atoms with Gasteiger partial charge in [-0.25, -0.2) is 15.0 Å². The number of hydrogen-bond acceptors (Lipinski definition) is 4. The molecule has 0 radical (unpaired) electrons. The Kier molecular flexibility index (Phi) is 6.57. The topological polar surface area (TPSA) is 51.8 Å². The van der Waals surface area contributed by atoms with Crippen LogP contribution in [0.4, 0.5) is 0 Å². The van der Waals surface area contributed by atoms with Crippen molar-refractivity contribution in [1.29, 1.82) is 0 Å². The lowest BCUT2D eigenvalue weighted by molar-refractivity contribution is 0.669. The van der Waals surface area contributed by atoms with E-state index in [2.05, 4.69) is 115 Å². The maximum absolute atomic E-state index is 6.49. The highest BCUT2D eigenvalue weighted by atomic mass is 16.3. The van der Waals surface area contributed by atoms with Crippen LogP contribution in [0.1, 0.15) is 23.7 Å². The fourth-order valence-electron chi connectivity index (χ4n) is 6.64. The van der Waals surface area contributed by atoms with Gasteiger partial charge in [-0.15, -0.1) is 0 Å². The van der Waals surface area contributed by atoms with E-state index in [0.717, 1.165) is 56.2 Å². The first-order valence-corrected chi connectivity index (χ1v) is 16.0. The number of furan rings is 1. The molecule has 0 amide bonds. The molecule has 0 bridgehead atoms. The molecule has 6 aromatic carbocycles. The van der Waals surface area contributed by atoms with Crippen molar-refractivity contribution in [1.82, 2.24) is 15.0 Å². The van der Waals surface area contributed by atoms with Gasteiger partial charge < -0.3 is 4.42 Å². The van der Waals surface area contributed by atoms with E-state index in [-0.39, 0.29) is 0 Å². The largest absolute Gasteiger partial charge is 0.456 e. The Hall–Kier alpha value is -6.13. The van der Waals surface area contributed by atoms with E-state index >= 15 is 0 Å². The molecule has 9 rings (SSSR count). The summed E-state index contributed by atoms with van der Waals surface area (Å²) in [6.45, 7) is 0. The van der Waals surface area contributed by atoms with Gasteiger partial charge in [0.15, 0.2) is 17.5 Å². The first-order valence-electron chi connectivity index (χ1n) is 16.0. The van der Waals surface area contributed by atoms with Crippen molar-refractivity contribution in [2.24, 2.45) is 0 Å². The van der Waals surface area contributed by atoms with Gasteiger partial charge >= 0.3 is 0 Å². The van der Waals surface area contributed by atoms with Crippen molar-refractivity contribution < 1.29 is 4.42 Å². The highest BCUT2D eigenvalue weighted by molar-refractivity contribution is 6.12. The van der Waals surface area contributed by atoms with Crippen molar-refractivity contribution >= 4 is 38.3 Å². The van der Waals surface area contributed by atoms with Crippen LogP contribution in [0, 0.1) is 0 Å². The first-order chi connectivity index (χ1) is 23.3. The highest BCUT2D eigenvalue weighted by Crippen LogP contribution is 2.39. The number of nitrogens with zero attached hydrogens (tertiary/aromatic N) is 3. The predicted molar refractivity (Wildman–Crippen MR) is 192 cm³/mol. The Morgan fingerprint density at radius 1 is 0.532 bits per heavy atom. The molecule has 2 aromatic heterocycles. The third-order valence-electron chi connectivity index (χ3n) is 9.07. The molecule has 0 spiro atoms. The molecule has 222 valence electrons. The van der Waals surface area contributed by atoms with Crippen LogP contribution in [0.3, 0.4) is 0 Å². The quantitative estimate of drug-likeness (QED) is 0.196. The average molecular weight is 604 g/mol. The first kappa shape index (κ1) is 27.2. The number of rotatable bonds is 5. The van der Waals surface area contributed by atoms with E-state index in [0.29, 0.717) is 23.4 Å². The lowest BCUT2D eigenvalue weighted by atomic mass is 9.90. The zero-order valence-corrected chi connectivity index (χ0v) is 25.5. The molecule has 0 saturated carbocycles. The molecule has 1 atom stereocenters. The fourth-order valence-corrected chi connectivity index (χ4v) is 6.64. The fraction of sp³-hybridized carbons (Fsp3) is 0.0465. The van der Waals surface area contributed by atoms with E-state index in [4.69, 9.17) is 19.4 Å². The number of aromatic nitrogens is 3. The molecule has 4 heteroatoms. The van der Waals surface area contributed by atoms with Crippen molar-refractivity contribution in [2.45, 2.75) is 12.3 Å². The molecule has 0 saturated heterocycles. The van der Waals surface area contributed by atoms with Gasteiger partial charge in [0.25, 0.3) is 0 Å². The Morgan fingerprint density at radius 3 is 2.09 bits per heavy atom. The molecule has 47 heavy (non-hydrogen) atoms. The minimum Gasteiger partial charge on any atom is -0.456 e. The van der Waals surface area contributed by atoms with E-state index in [9.17, 15) is 0 Å². The van der Waals surface area contributed by atoms with Crippen molar-refractivity contribution in [3.63, 3.8) is 0 Å². The monoisotopic (exact) mass is 603 g/mol. The van der Waals surface area contributed by atoms with Gasteiger partial charge in [0, 0.05) is 33.4 Å². The molecule has 1 unspecified atom stereocenters. The number of hydrogen-bond donors (Lipinski definition) is 0. The second-order valence-electron chi connectivity index (χ2n) is 12.0. The van der Waals surface area contributed by atoms with Gasteiger partial charge in [-0.3, -0.25) is 0 Å². The van der Waals surface area contributed by atoms with Crippen LogP contribution in [-0.4, -0.2) is 15.0 Å². The van der Waals surface area contributed by atoms with Gasteiger partial charge in [0.2, 0.25) is 0 Å². The van der Waals surface area contributed by atoms with E-state index in [1.54, 1.807) is 0 Å². The Morgan fingerprint density at radius 2 is 1.26 bits per heavy atom. The summed E-state index contributed by atoms with van der Waals surface area (Å²) in [4.78, 5) is 15.1. The average Bonchev–Trinajstić information content (AvgIpc) is 3.53. The Bertz CT molecular complexity index is 2490. The molecule has 0 N–H and O–H groups in total. The summed E-state index contributed by atoms with van der Waals surface area (Å²) >= 11 is 0. The van der Waals surface area contributed by atoms with Crippen LogP contribution >= 0.6 is 0 Å². The summed E-state index contributed by atoms with van der Waals surface area (Å²) in [6, 6.07) is 48.3. The molecule has 0 aliphatic heterocycles. The molecular weight excluding hydrogens is 574 g/mol. The number of fused-ring (bicyclic) bond motifs is 4. The summed E-state index contributed by atoms with van der Waals surface area (Å²) in [6.07, 6.45) is 7.54. The molecule has 2 heterocycles. The van der Waals surface area contributed by atoms with E-state index < -0.39 is 0 Å². The normalized spacial score (nSPS) is 14.6. The standard InChI is InChI=1S/C43H29N3O/c1-3-10-28(11-4-1)30-18-21-32(22-19-30)42-44-41(31-13-5-2-6-14-31)45-43(46-42)37-16-9-17-38-40(37)36-25-24-35(27-39(36)47-38)34-23-20-29-12-7-8-15-33(29)26-34/h1-18,20-27,30H,19H2. The molecule has 0 fully saturated rings. The zero-order valence-electron chi connectivity index (χ0n) is 25.5. The number of allylic oxidation sites excluding steroid dienone is 4. The van der Waals surface area contributed by atoms with Crippen LogP contribution in [0.25, 0.3) is 72.2 Å². The minimum absolute atomic E-state index is 0.334. The van der Waals surface area contributed by atoms with Crippen LogP contribution in [0.5, 0.6) is 0 Å². The summed E-state index contributed by atoms with van der Waals surface area (Å²) < 4.78 is 6.49. The van der Waals surface area contributed by atoms with Gasteiger partial charge in [-0.1, -0.05) is 133 Å². The molecule has 1 aliphatic carbocycles. The summed E-state index contributed by atoms with van der Waals surface area (Å²) in [5.41, 5.74) is 8.09. The van der Waals surface area contributed by atoms with Crippen molar-refractivity contribution in [3.05, 3.63) is 169 Å². The molecule has 1 aliphatic rings. The molecule has 8 aromatic rings. The van der Waals surface area contributed by atoms with Gasteiger partial charge in [0.05, 0.1) is 0 Å². The van der Waals surface area contributed by atoms with Gasteiger partial charge in [0.1, 0.15) is 11.2 Å². The van der Waals surface area contributed by atoms with Crippen LogP contribution in [0.2, 0.25) is 0 Å². The van der Waals surface area contributed by atoms with Crippen LogP contribution in [0.15, 0.2) is 162 Å². The van der Waals surface area contributed by atoms with Crippen molar-refractivity contribution in [2.75, 3.05) is 0 Å². The second kappa shape index (κ2) is 11.3. The molecular formula is C43H29N3O. The van der Waals surface area contributed by atoms with Gasteiger partial charge in [-0.05, 0) is 58.1 Å². The van der Waals surface area contributed by atoms with E-state index in [1.165, 1.54) is 16.3 Å². The minimum atomic E-state index is 0.334.